The van der Waals surface area contributed by atoms with Gasteiger partial charge in [-0.3, -0.25) is 4.79 Å². The lowest BCUT2D eigenvalue weighted by Crippen LogP contribution is -2.48. The van der Waals surface area contributed by atoms with Crippen molar-refractivity contribution in [3.05, 3.63) is 36.0 Å². The lowest BCUT2D eigenvalue weighted by molar-refractivity contribution is -0.123. The number of fused-ring (bicyclic) bond motifs is 1. The van der Waals surface area contributed by atoms with E-state index in [4.69, 9.17) is 15.9 Å². The van der Waals surface area contributed by atoms with Gasteiger partial charge in [-0.05, 0) is 18.1 Å². The Bertz CT molecular complexity index is 578. The first-order valence-corrected chi connectivity index (χ1v) is 6.48. The molecule has 1 aromatic heterocycles. The highest BCUT2D eigenvalue weighted by molar-refractivity contribution is 5.86. The molecule has 0 aliphatic heterocycles. The number of para-hydroxylation sites is 1. The largest absolute Gasteiger partial charge is 0.394 e. The molecule has 0 saturated heterocycles. The maximum atomic E-state index is 11.9. The van der Waals surface area contributed by atoms with Crippen LogP contribution < -0.4 is 11.1 Å². The summed E-state index contributed by atoms with van der Waals surface area (Å²) in [4.78, 5) is 15.0. The fourth-order valence-electron chi connectivity index (χ4n) is 2.09. The summed E-state index contributed by atoms with van der Waals surface area (Å²) < 4.78 is 0. The highest BCUT2D eigenvalue weighted by Gasteiger charge is 2.18. The number of rotatable bonds is 6. The second-order valence-corrected chi connectivity index (χ2v) is 4.74. The molecule has 108 valence electrons. The van der Waals surface area contributed by atoms with Gasteiger partial charge in [-0.2, -0.15) is 0 Å². The van der Waals surface area contributed by atoms with E-state index < -0.39 is 12.1 Å². The number of aromatic amines is 1. The van der Waals surface area contributed by atoms with Crippen molar-refractivity contribution < 1.29 is 15.0 Å². The Morgan fingerprint density at radius 2 is 2.00 bits per heavy atom. The number of aromatic nitrogens is 1. The molecule has 0 aliphatic carbocycles. The summed E-state index contributed by atoms with van der Waals surface area (Å²) in [6.07, 6.45) is 2.23. The number of nitrogens with two attached hydrogens (primary N) is 1. The minimum absolute atomic E-state index is 0.317. The lowest BCUT2D eigenvalue weighted by atomic mass is 10.0. The van der Waals surface area contributed by atoms with E-state index in [1.54, 1.807) is 0 Å². The van der Waals surface area contributed by atoms with Gasteiger partial charge in [-0.1, -0.05) is 18.2 Å². The number of carbonyl (C=O) groups excluding carboxylic acids is 1. The number of H-pyrrole nitrogens is 1. The first-order valence-electron chi connectivity index (χ1n) is 6.48. The van der Waals surface area contributed by atoms with Crippen LogP contribution in [0, 0.1) is 0 Å². The fraction of sp³-hybridized carbons (Fsp3) is 0.357. The summed E-state index contributed by atoms with van der Waals surface area (Å²) in [5.41, 5.74) is 7.83. The van der Waals surface area contributed by atoms with Gasteiger partial charge in [0.1, 0.15) is 0 Å². The Morgan fingerprint density at radius 1 is 1.30 bits per heavy atom. The Labute approximate surface area is 116 Å². The van der Waals surface area contributed by atoms with E-state index in [1.807, 2.05) is 30.5 Å². The van der Waals surface area contributed by atoms with Crippen molar-refractivity contribution in [2.45, 2.75) is 18.5 Å². The minimum Gasteiger partial charge on any atom is -0.394 e. The third kappa shape index (κ3) is 3.16. The van der Waals surface area contributed by atoms with Gasteiger partial charge < -0.3 is 26.2 Å². The van der Waals surface area contributed by atoms with E-state index in [-0.39, 0.29) is 19.1 Å². The van der Waals surface area contributed by atoms with Crippen LogP contribution in [0.2, 0.25) is 0 Å². The summed E-state index contributed by atoms with van der Waals surface area (Å²) in [5.74, 6) is -0.386. The molecule has 0 bridgehead atoms. The van der Waals surface area contributed by atoms with Gasteiger partial charge in [0.05, 0.1) is 25.3 Å². The summed E-state index contributed by atoms with van der Waals surface area (Å²) >= 11 is 0. The average molecular weight is 277 g/mol. The zero-order chi connectivity index (χ0) is 14.5. The molecular weight excluding hydrogens is 258 g/mol. The highest BCUT2D eigenvalue weighted by atomic mass is 16.3. The van der Waals surface area contributed by atoms with E-state index in [0.29, 0.717) is 6.42 Å². The SMILES string of the molecule is NC(Cc1c[nH]c2ccccc12)C(=O)NC(CO)CO. The zero-order valence-electron chi connectivity index (χ0n) is 11.0. The summed E-state index contributed by atoms with van der Waals surface area (Å²) in [5, 5.41) is 21.4. The van der Waals surface area contributed by atoms with Crippen LogP contribution in [-0.4, -0.2) is 46.4 Å². The highest BCUT2D eigenvalue weighted by Crippen LogP contribution is 2.18. The molecule has 0 radical (unpaired) electrons. The normalized spacial score (nSPS) is 12.8. The molecule has 6 heteroatoms. The molecule has 6 N–H and O–H groups in total. The maximum absolute atomic E-state index is 11.9. The van der Waals surface area contributed by atoms with Gasteiger partial charge in [0.25, 0.3) is 0 Å². The van der Waals surface area contributed by atoms with Gasteiger partial charge in [-0.15, -0.1) is 0 Å². The van der Waals surface area contributed by atoms with Crippen LogP contribution in [0.3, 0.4) is 0 Å². The molecule has 1 heterocycles. The molecule has 1 unspecified atom stereocenters. The lowest BCUT2D eigenvalue weighted by Gasteiger charge is -2.17. The van der Waals surface area contributed by atoms with Gasteiger partial charge in [0.2, 0.25) is 5.91 Å². The molecule has 6 nitrogen and oxygen atoms in total. The number of benzene rings is 1. The van der Waals surface area contributed by atoms with Crippen molar-refractivity contribution in [2.24, 2.45) is 5.73 Å². The first kappa shape index (κ1) is 14.5. The molecule has 1 atom stereocenters. The van der Waals surface area contributed by atoms with Crippen LogP contribution in [-0.2, 0) is 11.2 Å². The van der Waals surface area contributed by atoms with Crippen molar-refractivity contribution >= 4 is 16.8 Å². The van der Waals surface area contributed by atoms with Crippen LogP contribution in [0.4, 0.5) is 0 Å². The molecule has 1 aromatic carbocycles. The molecule has 0 saturated carbocycles. The number of aliphatic hydroxyl groups is 2. The average Bonchev–Trinajstić information content (AvgIpc) is 2.87. The third-order valence-corrected chi connectivity index (χ3v) is 3.24. The monoisotopic (exact) mass is 277 g/mol. The fourth-order valence-corrected chi connectivity index (χ4v) is 2.09. The van der Waals surface area contributed by atoms with Crippen molar-refractivity contribution in [2.75, 3.05) is 13.2 Å². The number of amides is 1. The molecule has 0 fully saturated rings. The van der Waals surface area contributed by atoms with Crippen LogP contribution in [0.15, 0.2) is 30.5 Å². The van der Waals surface area contributed by atoms with Crippen LogP contribution in [0.25, 0.3) is 10.9 Å². The van der Waals surface area contributed by atoms with E-state index in [9.17, 15) is 4.79 Å². The third-order valence-electron chi connectivity index (χ3n) is 3.24. The van der Waals surface area contributed by atoms with Crippen molar-refractivity contribution in [3.8, 4) is 0 Å². The van der Waals surface area contributed by atoms with Gasteiger partial charge in [-0.25, -0.2) is 0 Å². The Hall–Kier alpha value is -1.89. The number of hydrogen-bond acceptors (Lipinski definition) is 4. The van der Waals surface area contributed by atoms with Crippen LogP contribution in [0.5, 0.6) is 0 Å². The molecular formula is C14H19N3O3. The van der Waals surface area contributed by atoms with Crippen molar-refractivity contribution in [3.63, 3.8) is 0 Å². The van der Waals surface area contributed by atoms with E-state index >= 15 is 0 Å². The summed E-state index contributed by atoms with van der Waals surface area (Å²) in [6, 6.07) is 6.39. The number of carbonyl (C=O) groups is 1. The Morgan fingerprint density at radius 3 is 2.70 bits per heavy atom. The molecule has 20 heavy (non-hydrogen) atoms. The summed E-state index contributed by atoms with van der Waals surface area (Å²) in [6.45, 7) is -0.635. The van der Waals surface area contributed by atoms with E-state index in [0.717, 1.165) is 16.5 Å². The van der Waals surface area contributed by atoms with Crippen LogP contribution >= 0.6 is 0 Å². The zero-order valence-corrected chi connectivity index (χ0v) is 11.0. The molecule has 2 aromatic rings. The van der Waals surface area contributed by atoms with Gasteiger partial charge in [0, 0.05) is 17.1 Å². The molecule has 2 rings (SSSR count). The standard InChI is InChI=1S/C14H19N3O3/c15-12(14(20)17-10(7-18)8-19)5-9-6-16-13-4-2-1-3-11(9)13/h1-4,6,10,12,16,18-19H,5,7-8,15H2,(H,17,20). The number of nitrogens with one attached hydrogen (secondary N) is 2. The Balaban J connectivity index is 2.04. The maximum Gasteiger partial charge on any atom is 0.237 e. The predicted molar refractivity (Wildman–Crippen MR) is 76.1 cm³/mol. The minimum atomic E-state index is -0.727. The Kier molecular flexibility index (Phi) is 4.73. The van der Waals surface area contributed by atoms with Gasteiger partial charge >= 0.3 is 0 Å². The van der Waals surface area contributed by atoms with E-state index in [2.05, 4.69) is 10.3 Å². The topological polar surface area (TPSA) is 111 Å². The van der Waals surface area contributed by atoms with E-state index in [1.165, 1.54) is 0 Å². The summed E-state index contributed by atoms with van der Waals surface area (Å²) in [7, 11) is 0. The number of aliphatic hydroxyl groups excluding tert-OH is 2. The second kappa shape index (κ2) is 6.51. The molecule has 0 aliphatic rings. The smallest absolute Gasteiger partial charge is 0.237 e. The second-order valence-electron chi connectivity index (χ2n) is 4.74. The van der Waals surface area contributed by atoms with Crippen LogP contribution in [0.1, 0.15) is 5.56 Å². The first-order chi connectivity index (χ1) is 9.65. The molecule has 0 spiro atoms. The van der Waals surface area contributed by atoms with Gasteiger partial charge in [0.15, 0.2) is 0 Å². The number of hydrogen-bond donors (Lipinski definition) is 5. The molecule has 1 amide bonds. The van der Waals surface area contributed by atoms with Crippen molar-refractivity contribution in [1.82, 2.24) is 10.3 Å². The quantitative estimate of drug-likeness (QED) is 0.490. The van der Waals surface area contributed by atoms with Crippen molar-refractivity contribution in [1.29, 1.82) is 0 Å². The predicted octanol–water partition coefficient (Wildman–Crippen LogP) is -0.493.